The van der Waals surface area contributed by atoms with Crippen molar-refractivity contribution < 1.29 is 19.4 Å². The highest BCUT2D eigenvalue weighted by molar-refractivity contribution is 6.31. The van der Waals surface area contributed by atoms with Gasteiger partial charge in [-0.1, -0.05) is 37.6 Å². The third-order valence-corrected chi connectivity index (χ3v) is 4.38. The van der Waals surface area contributed by atoms with E-state index in [1.807, 2.05) is 6.92 Å². The van der Waals surface area contributed by atoms with E-state index in [4.69, 9.17) is 21.4 Å². The number of carboxylic acids is 1. The standard InChI is InChI=1S/C21H24ClNO4/c1-13(2)10-11-27-19-9-8-17(22)12-18(19)20(24)23-14(3)15-4-6-16(7-5-15)21(25)26/h4-9,12-14H,10-11H2,1-3H3,(H,23,24)(H,25,26). The van der Waals surface area contributed by atoms with E-state index >= 15 is 0 Å². The minimum absolute atomic E-state index is 0.202. The zero-order valence-corrected chi connectivity index (χ0v) is 16.4. The molecule has 0 radical (unpaired) electrons. The van der Waals surface area contributed by atoms with Crippen molar-refractivity contribution in [3.63, 3.8) is 0 Å². The van der Waals surface area contributed by atoms with E-state index in [-0.39, 0.29) is 17.5 Å². The number of carboxylic acid groups (broad SMARTS) is 1. The highest BCUT2D eigenvalue weighted by Gasteiger charge is 2.17. The number of amides is 1. The Morgan fingerprint density at radius 2 is 1.78 bits per heavy atom. The van der Waals surface area contributed by atoms with E-state index in [0.29, 0.717) is 28.9 Å². The van der Waals surface area contributed by atoms with Gasteiger partial charge < -0.3 is 15.2 Å². The third kappa shape index (κ3) is 6.00. The molecule has 0 aromatic heterocycles. The molecule has 0 bridgehead atoms. The smallest absolute Gasteiger partial charge is 0.335 e. The molecule has 0 saturated carbocycles. The van der Waals surface area contributed by atoms with Crippen LogP contribution in [0.4, 0.5) is 0 Å². The topological polar surface area (TPSA) is 75.6 Å². The Bertz CT molecular complexity index is 802. The maximum Gasteiger partial charge on any atom is 0.335 e. The normalized spacial score (nSPS) is 11.9. The maximum atomic E-state index is 12.7. The number of benzene rings is 2. The maximum absolute atomic E-state index is 12.7. The van der Waals surface area contributed by atoms with Crippen LogP contribution in [0.1, 0.15) is 59.5 Å². The van der Waals surface area contributed by atoms with E-state index < -0.39 is 5.97 Å². The van der Waals surface area contributed by atoms with Crippen LogP contribution in [0.15, 0.2) is 42.5 Å². The molecule has 2 N–H and O–H groups in total. The third-order valence-electron chi connectivity index (χ3n) is 4.14. The molecule has 6 heteroatoms. The number of carbonyl (C=O) groups is 2. The Morgan fingerprint density at radius 3 is 2.37 bits per heavy atom. The summed E-state index contributed by atoms with van der Waals surface area (Å²) in [7, 11) is 0. The molecule has 2 rings (SSSR count). The number of nitrogens with one attached hydrogen (secondary N) is 1. The number of halogens is 1. The van der Waals surface area contributed by atoms with Crippen molar-refractivity contribution in [2.45, 2.75) is 33.2 Å². The molecular weight excluding hydrogens is 366 g/mol. The molecule has 0 aliphatic rings. The first-order chi connectivity index (χ1) is 12.8. The van der Waals surface area contributed by atoms with Gasteiger partial charge in [0.1, 0.15) is 5.75 Å². The molecule has 0 spiro atoms. The Labute approximate surface area is 164 Å². The van der Waals surface area contributed by atoms with Crippen LogP contribution in [0.25, 0.3) is 0 Å². The first kappa shape index (κ1) is 20.8. The molecule has 0 fully saturated rings. The monoisotopic (exact) mass is 389 g/mol. The van der Waals surface area contributed by atoms with Gasteiger partial charge in [0.15, 0.2) is 0 Å². The van der Waals surface area contributed by atoms with Crippen LogP contribution in [0.3, 0.4) is 0 Å². The second-order valence-corrected chi connectivity index (χ2v) is 7.23. The van der Waals surface area contributed by atoms with E-state index in [1.165, 1.54) is 12.1 Å². The van der Waals surface area contributed by atoms with Crippen molar-refractivity contribution in [3.05, 3.63) is 64.2 Å². The molecule has 1 unspecified atom stereocenters. The molecule has 2 aromatic carbocycles. The van der Waals surface area contributed by atoms with Crippen molar-refractivity contribution in [1.82, 2.24) is 5.32 Å². The number of rotatable bonds is 8. The fraction of sp³-hybridized carbons (Fsp3) is 0.333. The van der Waals surface area contributed by atoms with Gasteiger partial charge in [-0.15, -0.1) is 0 Å². The first-order valence-corrected chi connectivity index (χ1v) is 9.22. The lowest BCUT2D eigenvalue weighted by molar-refractivity contribution is 0.0696. The van der Waals surface area contributed by atoms with Crippen LogP contribution in [0.2, 0.25) is 5.02 Å². The lowest BCUT2D eigenvalue weighted by atomic mass is 10.1. The summed E-state index contributed by atoms with van der Waals surface area (Å²) in [5, 5.41) is 12.3. The SMILES string of the molecule is CC(C)CCOc1ccc(Cl)cc1C(=O)NC(C)c1ccc(C(=O)O)cc1. The number of ether oxygens (including phenoxy) is 1. The molecule has 2 aromatic rings. The molecule has 0 heterocycles. The van der Waals surface area contributed by atoms with Crippen molar-refractivity contribution in [2.24, 2.45) is 5.92 Å². The molecule has 0 aliphatic carbocycles. The fourth-order valence-corrected chi connectivity index (χ4v) is 2.65. The Kier molecular flexibility index (Phi) is 7.25. The molecule has 27 heavy (non-hydrogen) atoms. The predicted octanol–water partition coefficient (Wildman–Crippen LogP) is 4.95. The average Bonchev–Trinajstić information content (AvgIpc) is 2.62. The molecule has 1 amide bonds. The Balaban J connectivity index is 2.11. The summed E-state index contributed by atoms with van der Waals surface area (Å²) in [5.74, 6) is -0.290. The minimum Gasteiger partial charge on any atom is -0.493 e. The van der Waals surface area contributed by atoms with Crippen LogP contribution in [0.5, 0.6) is 5.75 Å². The van der Waals surface area contributed by atoms with Gasteiger partial charge in [0.25, 0.3) is 5.91 Å². The summed E-state index contributed by atoms with van der Waals surface area (Å²) in [6.07, 6.45) is 0.885. The largest absolute Gasteiger partial charge is 0.493 e. The summed E-state index contributed by atoms with van der Waals surface area (Å²) < 4.78 is 5.77. The number of carbonyl (C=O) groups excluding carboxylic acids is 1. The Morgan fingerprint density at radius 1 is 1.11 bits per heavy atom. The minimum atomic E-state index is -0.986. The predicted molar refractivity (Wildman–Crippen MR) is 106 cm³/mol. The molecule has 5 nitrogen and oxygen atoms in total. The van der Waals surface area contributed by atoms with E-state index in [2.05, 4.69) is 19.2 Å². The second-order valence-electron chi connectivity index (χ2n) is 6.79. The summed E-state index contributed by atoms with van der Waals surface area (Å²) in [6, 6.07) is 11.1. The van der Waals surface area contributed by atoms with Crippen molar-refractivity contribution in [1.29, 1.82) is 0 Å². The van der Waals surface area contributed by atoms with E-state index in [9.17, 15) is 9.59 Å². The van der Waals surface area contributed by atoms with Gasteiger partial charge in [-0.25, -0.2) is 4.79 Å². The number of aromatic carboxylic acids is 1. The lowest BCUT2D eigenvalue weighted by Gasteiger charge is -2.17. The zero-order valence-electron chi connectivity index (χ0n) is 15.7. The van der Waals surface area contributed by atoms with Crippen LogP contribution in [0, 0.1) is 5.92 Å². The second kappa shape index (κ2) is 9.42. The lowest BCUT2D eigenvalue weighted by Crippen LogP contribution is -2.27. The van der Waals surface area contributed by atoms with Gasteiger partial charge >= 0.3 is 5.97 Å². The van der Waals surface area contributed by atoms with E-state index in [0.717, 1.165) is 12.0 Å². The summed E-state index contributed by atoms with van der Waals surface area (Å²) in [4.78, 5) is 23.7. The van der Waals surface area contributed by atoms with Gasteiger partial charge in [-0.2, -0.15) is 0 Å². The quantitative estimate of drug-likeness (QED) is 0.669. The summed E-state index contributed by atoms with van der Waals surface area (Å²) >= 11 is 6.05. The molecule has 0 saturated heterocycles. The van der Waals surface area contributed by atoms with Gasteiger partial charge in [0, 0.05) is 5.02 Å². The molecular formula is C21H24ClNO4. The van der Waals surface area contributed by atoms with Crippen molar-refractivity contribution in [2.75, 3.05) is 6.61 Å². The summed E-state index contributed by atoms with van der Waals surface area (Å²) in [6.45, 7) is 6.57. The van der Waals surface area contributed by atoms with Gasteiger partial charge in [0.05, 0.1) is 23.8 Å². The molecule has 1 atom stereocenters. The van der Waals surface area contributed by atoms with Crippen LogP contribution in [-0.2, 0) is 0 Å². The van der Waals surface area contributed by atoms with Gasteiger partial charge in [-0.05, 0) is 55.2 Å². The van der Waals surface area contributed by atoms with Crippen molar-refractivity contribution in [3.8, 4) is 5.75 Å². The molecule has 0 aliphatic heterocycles. The fourth-order valence-electron chi connectivity index (χ4n) is 2.48. The Hall–Kier alpha value is -2.53. The number of hydrogen-bond acceptors (Lipinski definition) is 3. The summed E-state index contributed by atoms with van der Waals surface area (Å²) in [5.41, 5.74) is 1.38. The van der Waals surface area contributed by atoms with Crippen molar-refractivity contribution >= 4 is 23.5 Å². The van der Waals surface area contributed by atoms with Gasteiger partial charge in [0.2, 0.25) is 0 Å². The molecule has 144 valence electrons. The van der Waals surface area contributed by atoms with Crippen LogP contribution in [-0.4, -0.2) is 23.6 Å². The van der Waals surface area contributed by atoms with Crippen LogP contribution >= 0.6 is 11.6 Å². The average molecular weight is 390 g/mol. The highest BCUT2D eigenvalue weighted by atomic mass is 35.5. The number of hydrogen-bond donors (Lipinski definition) is 2. The van der Waals surface area contributed by atoms with Crippen LogP contribution < -0.4 is 10.1 Å². The zero-order chi connectivity index (χ0) is 20.0. The van der Waals surface area contributed by atoms with E-state index in [1.54, 1.807) is 30.3 Å². The van der Waals surface area contributed by atoms with Gasteiger partial charge in [-0.3, -0.25) is 4.79 Å². The first-order valence-electron chi connectivity index (χ1n) is 8.84. The highest BCUT2D eigenvalue weighted by Crippen LogP contribution is 2.24.